The first kappa shape index (κ1) is 28.3. The van der Waals surface area contributed by atoms with Crippen LogP contribution in [0, 0.1) is 17.8 Å². The van der Waals surface area contributed by atoms with Gasteiger partial charge < -0.3 is 15.0 Å². The normalized spacial score (nSPS) is 31.4. The third-order valence-corrected chi connectivity index (χ3v) is 12.1. The van der Waals surface area contributed by atoms with Crippen LogP contribution in [0.15, 0.2) is 36.4 Å². The average Bonchev–Trinajstić information content (AvgIpc) is 3.06. The molecule has 8 nitrogen and oxygen atoms in total. The maximum Gasteiger partial charge on any atom is 0.264 e. The summed E-state index contributed by atoms with van der Waals surface area (Å²) in [6.07, 6.45) is 5.17. The topological polar surface area (TPSA) is 105 Å². The summed E-state index contributed by atoms with van der Waals surface area (Å²) in [4.78, 5) is 28.4. The monoisotopic (exact) mass is 599 g/mol. The van der Waals surface area contributed by atoms with Gasteiger partial charge in [0.2, 0.25) is 15.9 Å². The lowest BCUT2D eigenvalue weighted by atomic mass is 9.69. The third kappa shape index (κ3) is 5.43. The molecule has 1 saturated carbocycles. The second kappa shape index (κ2) is 10.8. The summed E-state index contributed by atoms with van der Waals surface area (Å²) in [7, 11) is -4.00. The molecule has 220 valence electrons. The molecule has 0 radical (unpaired) electrons. The number of benzene rings is 2. The van der Waals surface area contributed by atoms with Crippen molar-refractivity contribution in [3.05, 3.63) is 58.1 Å². The van der Waals surface area contributed by atoms with Gasteiger partial charge in [-0.15, -0.1) is 0 Å². The van der Waals surface area contributed by atoms with Crippen LogP contribution in [-0.4, -0.2) is 51.7 Å². The van der Waals surface area contributed by atoms with Gasteiger partial charge in [-0.1, -0.05) is 24.6 Å². The minimum Gasteiger partial charge on any atom is -0.490 e. The fraction of sp³-hybridized carbons (Fsp3) is 0.548. The van der Waals surface area contributed by atoms with E-state index in [1.807, 2.05) is 6.07 Å². The van der Waals surface area contributed by atoms with Crippen molar-refractivity contribution in [1.29, 1.82) is 0 Å². The molecule has 5 atom stereocenters. The van der Waals surface area contributed by atoms with E-state index in [0.717, 1.165) is 49.4 Å². The first-order chi connectivity index (χ1) is 19.5. The van der Waals surface area contributed by atoms with Crippen LogP contribution in [0.1, 0.15) is 67.4 Å². The van der Waals surface area contributed by atoms with Crippen molar-refractivity contribution in [2.45, 2.75) is 63.0 Å². The molecule has 2 heterocycles. The average molecular weight is 600 g/mol. The van der Waals surface area contributed by atoms with Crippen LogP contribution in [0.4, 0.5) is 5.69 Å². The van der Waals surface area contributed by atoms with Crippen LogP contribution in [0.2, 0.25) is 5.02 Å². The Hall–Kier alpha value is -2.78. The highest BCUT2D eigenvalue weighted by Crippen LogP contribution is 2.46. The van der Waals surface area contributed by atoms with E-state index < -0.39 is 27.1 Å². The smallest absolute Gasteiger partial charge is 0.264 e. The number of nitrogens with one attached hydrogen (secondary N) is 2. The number of halogens is 1. The van der Waals surface area contributed by atoms with Crippen molar-refractivity contribution in [2.24, 2.45) is 17.8 Å². The number of hydrogen-bond acceptors (Lipinski definition) is 6. The molecule has 0 saturated heterocycles. The number of hydrogen-bond donors (Lipinski definition) is 2. The number of sulfonamides is 1. The van der Waals surface area contributed by atoms with Crippen molar-refractivity contribution >= 4 is 39.1 Å². The van der Waals surface area contributed by atoms with E-state index >= 15 is 0 Å². The number of nitrogens with zero attached hydrogens (tertiary/aromatic N) is 1. The first-order valence-electron chi connectivity index (χ1n) is 14.7. The summed E-state index contributed by atoms with van der Waals surface area (Å²) in [6.45, 7) is 5.83. The highest BCUT2D eigenvalue weighted by molar-refractivity contribution is 7.90. The number of carbonyl (C=O) groups is 2. The lowest BCUT2D eigenvalue weighted by molar-refractivity contribution is -0.122. The molecule has 2 aliphatic heterocycles. The van der Waals surface area contributed by atoms with Crippen LogP contribution in [0.25, 0.3) is 0 Å². The first-order valence-corrected chi connectivity index (χ1v) is 16.6. The van der Waals surface area contributed by atoms with Crippen LogP contribution >= 0.6 is 11.6 Å². The van der Waals surface area contributed by atoms with Crippen molar-refractivity contribution in [3.63, 3.8) is 0 Å². The van der Waals surface area contributed by atoms with Crippen molar-refractivity contribution in [3.8, 4) is 5.75 Å². The number of fused-ring (bicyclic) bond motifs is 4. The molecule has 0 aromatic heterocycles. The number of aryl methyl sites for hydroxylation is 1. The fourth-order valence-corrected chi connectivity index (χ4v) is 8.51. The van der Waals surface area contributed by atoms with Gasteiger partial charge >= 0.3 is 0 Å². The van der Waals surface area contributed by atoms with E-state index in [-0.39, 0.29) is 23.3 Å². The largest absolute Gasteiger partial charge is 0.490 e. The van der Waals surface area contributed by atoms with E-state index in [1.165, 1.54) is 11.1 Å². The Morgan fingerprint density at radius 1 is 1.07 bits per heavy atom. The van der Waals surface area contributed by atoms with Gasteiger partial charge in [-0.2, -0.15) is 0 Å². The Balaban J connectivity index is 1.40. The zero-order valence-electron chi connectivity index (χ0n) is 23.6. The summed E-state index contributed by atoms with van der Waals surface area (Å²) in [5.41, 5.74) is 3.34. The van der Waals surface area contributed by atoms with Crippen molar-refractivity contribution in [2.75, 3.05) is 31.1 Å². The molecule has 2 bridgehead atoms. The number of amides is 2. The summed E-state index contributed by atoms with van der Waals surface area (Å²) in [5, 5.41) is 2.88. The van der Waals surface area contributed by atoms with Crippen LogP contribution in [0.5, 0.6) is 5.75 Å². The quantitative estimate of drug-likeness (QED) is 0.464. The van der Waals surface area contributed by atoms with Gasteiger partial charge in [0.05, 0.1) is 17.5 Å². The highest BCUT2D eigenvalue weighted by atomic mass is 35.5. The van der Waals surface area contributed by atoms with E-state index in [1.54, 1.807) is 32.0 Å². The molecule has 4 aliphatic rings. The summed E-state index contributed by atoms with van der Waals surface area (Å²) >= 11 is 6.37. The Labute approximate surface area is 247 Å². The predicted molar refractivity (Wildman–Crippen MR) is 159 cm³/mol. The predicted octanol–water partition coefficient (Wildman–Crippen LogP) is 4.44. The standard InChI is InChI=1S/C31H38ClN3O5S/c1-19-12-29(36)33-15-23-5-6-24(23)16-35-17-31(11-3-4-21-13-25(32)8-9-26(21)31)18-40-28-10-7-22(14-27(28)35)30(37)34-41(38,39)20(19)2/h7-10,13-14,19-20,23-24H,3-6,11-12,15-18H2,1-2H3,(H,33,36)(H,34,37)/t19-,20+,23+,24+,31?/m1/s1. The van der Waals surface area contributed by atoms with Crippen LogP contribution < -0.4 is 19.7 Å². The van der Waals surface area contributed by atoms with Gasteiger partial charge in [-0.3, -0.25) is 9.59 Å². The SMILES string of the molecule is C[C@@H]1CC(=O)NC[C@@H]2CC[C@H]2CN2CC3(CCCc4cc(Cl)ccc43)COc3ccc(cc32)C(=O)NS(=O)(=O)[C@H]1C. The Morgan fingerprint density at radius 2 is 1.88 bits per heavy atom. The van der Waals surface area contributed by atoms with Crippen LogP contribution in [-0.2, 0) is 26.7 Å². The Morgan fingerprint density at radius 3 is 2.66 bits per heavy atom. The number of rotatable bonds is 0. The van der Waals surface area contributed by atoms with E-state index in [9.17, 15) is 18.0 Å². The molecule has 1 spiro atoms. The Kier molecular flexibility index (Phi) is 7.47. The van der Waals surface area contributed by atoms with Crippen LogP contribution in [0.3, 0.4) is 0 Å². The second-order valence-electron chi connectivity index (χ2n) is 12.6. The molecule has 10 heteroatoms. The van der Waals surface area contributed by atoms with Gasteiger partial charge in [0.25, 0.3) is 5.91 Å². The van der Waals surface area contributed by atoms with E-state index in [4.69, 9.17) is 16.3 Å². The lowest BCUT2D eigenvalue weighted by Gasteiger charge is -2.44. The van der Waals surface area contributed by atoms with Crippen molar-refractivity contribution < 1.29 is 22.7 Å². The minimum absolute atomic E-state index is 0.0852. The van der Waals surface area contributed by atoms with E-state index in [2.05, 4.69) is 27.1 Å². The lowest BCUT2D eigenvalue weighted by Crippen LogP contribution is -2.49. The van der Waals surface area contributed by atoms with Gasteiger partial charge in [-0.25, -0.2) is 13.1 Å². The summed E-state index contributed by atoms with van der Waals surface area (Å²) in [5.74, 6) is 0.127. The zero-order chi connectivity index (χ0) is 28.9. The van der Waals surface area contributed by atoms with Gasteiger partial charge in [0.1, 0.15) is 5.75 Å². The molecular formula is C31H38ClN3O5S. The molecule has 2 aromatic carbocycles. The van der Waals surface area contributed by atoms with Crippen molar-refractivity contribution in [1.82, 2.24) is 10.0 Å². The molecule has 2 aliphatic carbocycles. The molecule has 41 heavy (non-hydrogen) atoms. The fourth-order valence-electron chi connectivity index (χ4n) is 7.05. The summed E-state index contributed by atoms with van der Waals surface area (Å²) in [6, 6.07) is 11.4. The zero-order valence-corrected chi connectivity index (χ0v) is 25.2. The second-order valence-corrected chi connectivity index (χ2v) is 15.0. The highest BCUT2D eigenvalue weighted by Gasteiger charge is 2.43. The van der Waals surface area contributed by atoms with Gasteiger partial charge in [0.15, 0.2) is 0 Å². The molecular weight excluding hydrogens is 562 g/mol. The molecule has 2 amide bonds. The maximum absolute atomic E-state index is 13.3. The molecule has 2 aromatic rings. The maximum atomic E-state index is 13.3. The number of ether oxygens (including phenoxy) is 1. The molecule has 2 N–H and O–H groups in total. The molecule has 1 unspecified atom stereocenters. The van der Waals surface area contributed by atoms with E-state index in [0.29, 0.717) is 37.3 Å². The minimum atomic E-state index is -4.00. The third-order valence-electron chi connectivity index (χ3n) is 9.92. The molecule has 6 rings (SSSR count). The van der Waals surface area contributed by atoms with Gasteiger partial charge in [-0.05, 0) is 98.2 Å². The number of carbonyl (C=O) groups excluding carboxylic acids is 2. The molecule has 1 fully saturated rings. The van der Waals surface area contributed by atoms with Gasteiger partial charge in [0, 0.05) is 42.1 Å². The number of anilines is 1. The summed E-state index contributed by atoms with van der Waals surface area (Å²) < 4.78 is 35.0. The Bertz CT molecular complexity index is 1480.